The molecular weight excluding hydrogens is 281 g/mol. The number of nitrogens with one attached hydrogen (secondary N) is 1. The van der Waals surface area contributed by atoms with Gasteiger partial charge in [0.1, 0.15) is 12.4 Å². The van der Waals surface area contributed by atoms with Gasteiger partial charge in [0.25, 0.3) is 0 Å². The molecule has 1 aliphatic rings. The van der Waals surface area contributed by atoms with Crippen LogP contribution in [-0.4, -0.2) is 26.2 Å². The first kappa shape index (κ1) is 15.0. The maximum absolute atomic E-state index is 13.2. The molecule has 0 aliphatic heterocycles. The zero-order valence-corrected chi connectivity index (χ0v) is 11.9. The van der Waals surface area contributed by atoms with Crippen LogP contribution in [0.15, 0.2) is 23.1 Å². The smallest absolute Gasteiger partial charge is 0.242 e. The highest BCUT2D eigenvalue weighted by Gasteiger charge is 2.30. The second-order valence-electron chi connectivity index (χ2n) is 5.00. The van der Waals surface area contributed by atoms with Crippen molar-refractivity contribution >= 4 is 10.0 Å². The zero-order chi connectivity index (χ0) is 14.8. The van der Waals surface area contributed by atoms with Crippen molar-refractivity contribution < 1.29 is 17.9 Å². The summed E-state index contributed by atoms with van der Waals surface area (Å²) in [4.78, 5) is -0.0561. The number of aliphatic hydroxyl groups excluding tert-OH is 1. The second kappa shape index (κ2) is 5.92. The Morgan fingerprint density at radius 1 is 1.45 bits per heavy atom. The van der Waals surface area contributed by atoms with Gasteiger partial charge in [-0.05, 0) is 37.0 Å². The summed E-state index contributed by atoms with van der Waals surface area (Å²) in [6.07, 6.45) is 1.61. The first-order valence-corrected chi connectivity index (χ1v) is 7.82. The molecule has 1 saturated carbocycles. The van der Waals surface area contributed by atoms with Crippen LogP contribution in [0.3, 0.4) is 0 Å². The standard InChI is InChI=1S/C14H16FNO3S/c1-10-7-13(8-10)16-20(18,19)14-5-4-12(15)9-11(14)3-2-6-17/h4-5,9-10,13,16-17H,6-8H2,1H3. The lowest BCUT2D eigenvalue weighted by molar-refractivity contribution is 0.270. The van der Waals surface area contributed by atoms with Gasteiger partial charge in [0.15, 0.2) is 0 Å². The first-order valence-electron chi connectivity index (χ1n) is 6.34. The highest BCUT2D eigenvalue weighted by Crippen LogP contribution is 2.28. The van der Waals surface area contributed by atoms with E-state index in [1.54, 1.807) is 0 Å². The molecule has 1 fully saturated rings. The molecule has 1 aliphatic carbocycles. The number of sulfonamides is 1. The van der Waals surface area contributed by atoms with Crippen LogP contribution in [0.2, 0.25) is 0 Å². The molecule has 0 unspecified atom stereocenters. The molecule has 0 radical (unpaired) electrons. The minimum Gasteiger partial charge on any atom is -0.384 e. The number of benzene rings is 1. The fraction of sp³-hybridized carbons (Fsp3) is 0.429. The van der Waals surface area contributed by atoms with Crippen molar-refractivity contribution in [2.75, 3.05) is 6.61 Å². The van der Waals surface area contributed by atoms with E-state index in [9.17, 15) is 12.8 Å². The van der Waals surface area contributed by atoms with Gasteiger partial charge >= 0.3 is 0 Å². The third-order valence-electron chi connectivity index (χ3n) is 3.23. The Bertz CT molecular complexity index is 655. The summed E-state index contributed by atoms with van der Waals surface area (Å²) in [7, 11) is -3.72. The molecule has 0 saturated heterocycles. The van der Waals surface area contributed by atoms with Crippen molar-refractivity contribution in [1.82, 2.24) is 4.72 Å². The average molecular weight is 297 g/mol. The molecule has 0 aromatic heterocycles. The summed E-state index contributed by atoms with van der Waals surface area (Å²) >= 11 is 0. The molecular formula is C14H16FNO3S. The number of hydrogen-bond acceptors (Lipinski definition) is 3. The second-order valence-corrected chi connectivity index (χ2v) is 6.68. The van der Waals surface area contributed by atoms with Crippen LogP contribution in [0, 0.1) is 23.6 Å². The molecule has 1 aromatic carbocycles. The number of halogens is 1. The maximum Gasteiger partial charge on any atom is 0.242 e. The number of hydrogen-bond donors (Lipinski definition) is 2. The monoisotopic (exact) mass is 297 g/mol. The molecule has 0 atom stereocenters. The minimum atomic E-state index is -3.72. The summed E-state index contributed by atoms with van der Waals surface area (Å²) in [5, 5.41) is 8.68. The van der Waals surface area contributed by atoms with Crippen LogP contribution in [-0.2, 0) is 10.0 Å². The van der Waals surface area contributed by atoms with Crippen LogP contribution >= 0.6 is 0 Å². The van der Waals surface area contributed by atoms with E-state index in [0.29, 0.717) is 5.92 Å². The highest BCUT2D eigenvalue weighted by atomic mass is 32.2. The lowest BCUT2D eigenvalue weighted by Gasteiger charge is -2.33. The summed E-state index contributed by atoms with van der Waals surface area (Å²) in [6, 6.07) is 3.27. The molecule has 20 heavy (non-hydrogen) atoms. The van der Waals surface area contributed by atoms with E-state index in [0.717, 1.165) is 25.0 Å². The van der Waals surface area contributed by atoms with Crippen molar-refractivity contribution in [2.24, 2.45) is 5.92 Å². The molecule has 0 bridgehead atoms. The molecule has 4 nitrogen and oxygen atoms in total. The average Bonchev–Trinajstić information content (AvgIpc) is 2.34. The lowest BCUT2D eigenvalue weighted by Crippen LogP contribution is -2.43. The highest BCUT2D eigenvalue weighted by molar-refractivity contribution is 7.89. The normalized spacial score (nSPS) is 21.8. The van der Waals surface area contributed by atoms with Gasteiger partial charge in [0, 0.05) is 11.6 Å². The van der Waals surface area contributed by atoms with Crippen molar-refractivity contribution in [2.45, 2.75) is 30.7 Å². The molecule has 0 spiro atoms. The third kappa shape index (κ3) is 3.37. The molecule has 1 aromatic rings. The fourth-order valence-corrected chi connectivity index (χ4v) is 3.66. The Balaban J connectivity index is 2.30. The van der Waals surface area contributed by atoms with Crippen molar-refractivity contribution in [1.29, 1.82) is 0 Å². The topological polar surface area (TPSA) is 66.4 Å². The van der Waals surface area contributed by atoms with E-state index in [2.05, 4.69) is 23.5 Å². The van der Waals surface area contributed by atoms with Crippen molar-refractivity contribution in [3.8, 4) is 11.8 Å². The van der Waals surface area contributed by atoms with Gasteiger partial charge in [-0.15, -0.1) is 0 Å². The largest absolute Gasteiger partial charge is 0.384 e. The Morgan fingerprint density at radius 3 is 2.75 bits per heavy atom. The van der Waals surface area contributed by atoms with E-state index in [1.807, 2.05) is 0 Å². The van der Waals surface area contributed by atoms with Gasteiger partial charge in [-0.2, -0.15) is 0 Å². The van der Waals surface area contributed by atoms with E-state index in [4.69, 9.17) is 5.11 Å². The maximum atomic E-state index is 13.2. The minimum absolute atomic E-state index is 0.0546. The quantitative estimate of drug-likeness (QED) is 0.825. The summed E-state index contributed by atoms with van der Waals surface area (Å²) < 4.78 is 40.4. The summed E-state index contributed by atoms with van der Waals surface area (Å²) in [6.45, 7) is 1.64. The predicted octanol–water partition coefficient (Wildman–Crippen LogP) is 1.25. The number of rotatable bonds is 3. The van der Waals surface area contributed by atoms with Gasteiger partial charge in [-0.3, -0.25) is 0 Å². The fourth-order valence-electron chi connectivity index (χ4n) is 2.25. The Morgan fingerprint density at radius 2 is 2.15 bits per heavy atom. The van der Waals surface area contributed by atoms with Gasteiger partial charge < -0.3 is 5.11 Å². The molecule has 2 N–H and O–H groups in total. The first-order chi connectivity index (χ1) is 9.42. The van der Waals surface area contributed by atoms with Crippen LogP contribution < -0.4 is 4.72 Å². The van der Waals surface area contributed by atoms with Gasteiger partial charge in [0.2, 0.25) is 10.0 Å². The Labute approximate surface area is 118 Å². The van der Waals surface area contributed by atoms with Gasteiger partial charge in [-0.25, -0.2) is 17.5 Å². The number of aliphatic hydroxyl groups is 1. The lowest BCUT2D eigenvalue weighted by atomic mass is 9.83. The molecule has 0 amide bonds. The van der Waals surface area contributed by atoms with Gasteiger partial charge in [0.05, 0.1) is 4.90 Å². The van der Waals surface area contributed by atoms with E-state index >= 15 is 0 Å². The Hall–Kier alpha value is -1.42. The van der Waals surface area contributed by atoms with E-state index < -0.39 is 22.4 Å². The van der Waals surface area contributed by atoms with Crippen molar-refractivity contribution in [3.05, 3.63) is 29.6 Å². The Kier molecular flexibility index (Phi) is 4.43. The van der Waals surface area contributed by atoms with Crippen molar-refractivity contribution in [3.63, 3.8) is 0 Å². The molecule has 0 heterocycles. The van der Waals surface area contributed by atoms with Crippen LogP contribution in [0.25, 0.3) is 0 Å². The van der Waals surface area contributed by atoms with E-state index in [-0.39, 0.29) is 16.5 Å². The third-order valence-corrected chi connectivity index (χ3v) is 4.81. The SMILES string of the molecule is CC1CC(NS(=O)(=O)c2ccc(F)cc2C#CCO)C1. The van der Waals surface area contributed by atoms with Crippen LogP contribution in [0.4, 0.5) is 4.39 Å². The van der Waals surface area contributed by atoms with Crippen LogP contribution in [0.5, 0.6) is 0 Å². The molecule has 2 rings (SSSR count). The summed E-state index contributed by atoms with van der Waals surface area (Å²) in [5.41, 5.74) is 0.0546. The van der Waals surface area contributed by atoms with E-state index in [1.165, 1.54) is 6.07 Å². The molecule has 6 heteroatoms. The predicted molar refractivity (Wildman–Crippen MR) is 72.9 cm³/mol. The zero-order valence-electron chi connectivity index (χ0n) is 11.1. The summed E-state index contributed by atoms with van der Waals surface area (Å²) in [5.74, 6) is 4.76. The van der Waals surface area contributed by atoms with Crippen LogP contribution in [0.1, 0.15) is 25.3 Å². The molecule has 108 valence electrons. The van der Waals surface area contributed by atoms with Gasteiger partial charge in [-0.1, -0.05) is 18.8 Å².